The summed E-state index contributed by atoms with van der Waals surface area (Å²) in [5.74, 6) is 1.08. The Hall–Kier alpha value is -0.540. The van der Waals surface area contributed by atoms with Crippen molar-refractivity contribution in [2.24, 2.45) is 4.99 Å². The Morgan fingerprint density at radius 2 is 2.08 bits per heavy atom. The van der Waals surface area contributed by atoms with Crippen LogP contribution in [0.2, 0.25) is 0 Å². The summed E-state index contributed by atoms with van der Waals surface area (Å²) in [6.07, 6.45) is 4.21. The third-order valence-electron chi connectivity index (χ3n) is 2.32. The first-order chi connectivity index (χ1) is 6.25. The molecule has 0 saturated heterocycles. The van der Waals surface area contributed by atoms with Gasteiger partial charge in [0.1, 0.15) is 17.8 Å². The molecule has 3 heteroatoms. The Morgan fingerprint density at radius 1 is 1.38 bits per heavy atom. The molecule has 72 valence electrons. The van der Waals surface area contributed by atoms with Crippen molar-refractivity contribution < 1.29 is 4.48 Å². The first-order valence-corrected chi connectivity index (χ1v) is 5.69. The van der Waals surface area contributed by atoms with Crippen LogP contribution in [0.25, 0.3) is 0 Å². The molecule has 0 fully saturated rings. The van der Waals surface area contributed by atoms with Gasteiger partial charge in [0.2, 0.25) is 6.34 Å². The SMILES string of the molecule is CC.CC1=C(C)[N+]2(C=CSC2)C=N1. The number of quaternary nitrogens is 1. The molecule has 2 nitrogen and oxygen atoms in total. The number of aliphatic imine (C=N–C) groups is 1. The molecule has 0 saturated carbocycles. The first-order valence-electron chi connectivity index (χ1n) is 4.65. The highest BCUT2D eigenvalue weighted by Gasteiger charge is 2.34. The van der Waals surface area contributed by atoms with Crippen LogP contribution in [0.3, 0.4) is 0 Å². The van der Waals surface area contributed by atoms with Crippen molar-refractivity contribution in [3.05, 3.63) is 23.0 Å². The zero-order chi connectivity index (χ0) is 9.90. The van der Waals surface area contributed by atoms with Crippen molar-refractivity contribution in [3.63, 3.8) is 0 Å². The third-order valence-corrected chi connectivity index (χ3v) is 3.21. The summed E-state index contributed by atoms with van der Waals surface area (Å²) >= 11 is 1.84. The zero-order valence-electron chi connectivity index (χ0n) is 8.74. The van der Waals surface area contributed by atoms with Gasteiger partial charge in [-0.3, -0.25) is 0 Å². The predicted molar refractivity (Wildman–Crippen MR) is 60.1 cm³/mol. The summed E-state index contributed by atoms with van der Waals surface area (Å²) in [6, 6.07) is 0. The summed E-state index contributed by atoms with van der Waals surface area (Å²) in [6.45, 7) is 8.22. The highest BCUT2D eigenvalue weighted by molar-refractivity contribution is 8.02. The molecule has 13 heavy (non-hydrogen) atoms. The molecule has 0 bridgehead atoms. The molecular weight excluding hydrogens is 180 g/mol. The number of thioether (sulfide) groups is 1. The molecule has 2 aliphatic rings. The molecule has 1 unspecified atom stereocenters. The largest absolute Gasteiger partial charge is 0.216 e. The van der Waals surface area contributed by atoms with Gasteiger partial charge < -0.3 is 0 Å². The van der Waals surface area contributed by atoms with Gasteiger partial charge in [-0.1, -0.05) is 25.6 Å². The highest BCUT2D eigenvalue weighted by atomic mass is 32.2. The fourth-order valence-corrected chi connectivity index (χ4v) is 2.29. The average molecular weight is 197 g/mol. The maximum absolute atomic E-state index is 4.31. The monoisotopic (exact) mass is 197 g/mol. The topological polar surface area (TPSA) is 12.4 Å². The van der Waals surface area contributed by atoms with Gasteiger partial charge in [-0.25, -0.2) is 9.48 Å². The summed E-state index contributed by atoms with van der Waals surface area (Å²) in [5.41, 5.74) is 2.52. The van der Waals surface area contributed by atoms with Gasteiger partial charge >= 0.3 is 0 Å². The Bertz CT molecular complexity index is 279. The standard InChI is InChI=1S/C8H11N2S.C2H6/c1-7-8(2)10(5-9-7)3-4-11-6-10;1-2/h3-5H,6H2,1-2H3;1-2H3/q+1;. The quantitative estimate of drug-likeness (QED) is 0.543. The van der Waals surface area contributed by atoms with E-state index in [4.69, 9.17) is 0 Å². The molecule has 0 aliphatic carbocycles. The number of nitrogens with zero attached hydrogens (tertiary/aromatic N) is 2. The van der Waals surface area contributed by atoms with Crippen molar-refractivity contribution in [2.75, 3.05) is 5.88 Å². The lowest BCUT2D eigenvalue weighted by atomic mass is 10.3. The predicted octanol–water partition coefficient (Wildman–Crippen LogP) is 3.30. The summed E-state index contributed by atoms with van der Waals surface area (Å²) < 4.78 is 0.844. The fourth-order valence-electron chi connectivity index (χ4n) is 1.31. The Morgan fingerprint density at radius 3 is 2.46 bits per heavy atom. The molecule has 0 N–H and O–H groups in total. The first kappa shape index (κ1) is 10.5. The van der Waals surface area contributed by atoms with E-state index in [1.807, 2.05) is 31.9 Å². The van der Waals surface area contributed by atoms with Gasteiger partial charge in [-0.15, -0.1) is 0 Å². The lowest BCUT2D eigenvalue weighted by Gasteiger charge is -2.21. The average Bonchev–Trinajstić information content (AvgIpc) is 2.74. The molecule has 0 aromatic heterocycles. The molecule has 0 amide bonds. The summed E-state index contributed by atoms with van der Waals surface area (Å²) in [5, 5.41) is 2.15. The van der Waals surface area contributed by atoms with Crippen LogP contribution in [0.15, 0.2) is 28.0 Å². The molecule has 0 aromatic carbocycles. The third kappa shape index (κ3) is 1.71. The van der Waals surface area contributed by atoms with Gasteiger partial charge in [0, 0.05) is 12.3 Å². The second-order valence-electron chi connectivity index (χ2n) is 2.93. The van der Waals surface area contributed by atoms with E-state index >= 15 is 0 Å². The second-order valence-corrected chi connectivity index (χ2v) is 3.79. The highest BCUT2D eigenvalue weighted by Crippen LogP contribution is 2.33. The van der Waals surface area contributed by atoms with E-state index in [1.54, 1.807) is 0 Å². The second kappa shape index (κ2) is 4.11. The van der Waals surface area contributed by atoms with Gasteiger partial charge in [-0.2, -0.15) is 0 Å². The molecule has 1 spiro atoms. The van der Waals surface area contributed by atoms with Crippen molar-refractivity contribution in [2.45, 2.75) is 27.7 Å². The van der Waals surface area contributed by atoms with Crippen molar-refractivity contribution in [1.82, 2.24) is 0 Å². The maximum atomic E-state index is 4.31. The number of rotatable bonds is 0. The summed E-state index contributed by atoms with van der Waals surface area (Å²) in [7, 11) is 0. The van der Waals surface area contributed by atoms with Crippen LogP contribution in [0.1, 0.15) is 27.7 Å². The number of allylic oxidation sites excluding steroid dienone is 2. The van der Waals surface area contributed by atoms with E-state index in [9.17, 15) is 0 Å². The lowest BCUT2D eigenvalue weighted by Crippen LogP contribution is -2.34. The fraction of sp³-hybridized carbons (Fsp3) is 0.500. The van der Waals surface area contributed by atoms with Crippen LogP contribution < -0.4 is 0 Å². The van der Waals surface area contributed by atoms with E-state index in [-0.39, 0.29) is 0 Å². The van der Waals surface area contributed by atoms with E-state index in [0.29, 0.717) is 0 Å². The maximum Gasteiger partial charge on any atom is 0.200 e. The number of hydrogen-bond donors (Lipinski definition) is 0. The van der Waals surface area contributed by atoms with Gasteiger partial charge in [0.05, 0.1) is 5.70 Å². The van der Waals surface area contributed by atoms with Crippen molar-refractivity contribution in [1.29, 1.82) is 0 Å². The Kier molecular flexibility index (Phi) is 3.33. The smallest absolute Gasteiger partial charge is 0.200 e. The van der Waals surface area contributed by atoms with Crippen LogP contribution in [0, 0.1) is 0 Å². The minimum Gasteiger partial charge on any atom is -0.216 e. The van der Waals surface area contributed by atoms with Gasteiger partial charge in [0.25, 0.3) is 0 Å². The van der Waals surface area contributed by atoms with Crippen LogP contribution in [-0.2, 0) is 0 Å². The van der Waals surface area contributed by atoms with E-state index in [1.165, 1.54) is 5.70 Å². The molecule has 0 aromatic rings. The Balaban J connectivity index is 0.000000396. The van der Waals surface area contributed by atoms with Crippen LogP contribution in [-0.4, -0.2) is 16.7 Å². The van der Waals surface area contributed by atoms with E-state index in [0.717, 1.165) is 16.1 Å². The molecule has 2 heterocycles. The van der Waals surface area contributed by atoms with E-state index < -0.39 is 0 Å². The molecule has 0 radical (unpaired) electrons. The molecule has 2 aliphatic heterocycles. The minimum atomic E-state index is 0.844. The summed E-state index contributed by atoms with van der Waals surface area (Å²) in [4.78, 5) is 4.31. The van der Waals surface area contributed by atoms with E-state index in [2.05, 4.69) is 30.4 Å². The normalized spacial score (nSPS) is 29.8. The van der Waals surface area contributed by atoms with Crippen LogP contribution >= 0.6 is 11.8 Å². The van der Waals surface area contributed by atoms with Gasteiger partial charge in [0.15, 0.2) is 0 Å². The molecule has 2 rings (SSSR count). The zero-order valence-corrected chi connectivity index (χ0v) is 9.56. The van der Waals surface area contributed by atoms with Crippen molar-refractivity contribution in [3.8, 4) is 0 Å². The van der Waals surface area contributed by atoms with Gasteiger partial charge in [-0.05, 0) is 6.92 Å². The van der Waals surface area contributed by atoms with Crippen LogP contribution in [0.4, 0.5) is 0 Å². The van der Waals surface area contributed by atoms with Crippen LogP contribution in [0.5, 0.6) is 0 Å². The lowest BCUT2D eigenvalue weighted by molar-refractivity contribution is -0.718. The molecular formula is C10H17N2S+. The number of hydrogen-bond acceptors (Lipinski definition) is 2. The van der Waals surface area contributed by atoms with Crippen molar-refractivity contribution >= 4 is 18.1 Å². The molecule has 1 atom stereocenters. The Labute approximate surface area is 84.6 Å². The minimum absolute atomic E-state index is 0.844.